The van der Waals surface area contributed by atoms with Gasteiger partial charge in [-0.2, -0.15) is 20.1 Å². The molecular formula is C7H4F4O2S. The van der Waals surface area contributed by atoms with Crippen LogP contribution in [0.4, 0.5) is 17.6 Å². The van der Waals surface area contributed by atoms with Crippen LogP contribution in [0.25, 0.3) is 0 Å². The van der Waals surface area contributed by atoms with E-state index in [9.17, 15) is 22.4 Å². The van der Waals surface area contributed by atoms with Gasteiger partial charge in [-0.25, -0.2) is 13.6 Å². The first-order chi connectivity index (χ1) is 6.37. The molecule has 1 N–H and O–H groups in total. The Kier molecular flexibility index (Phi) is 2.79. The van der Waals surface area contributed by atoms with Gasteiger partial charge in [-0.15, -0.1) is 0 Å². The van der Waals surface area contributed by atoms with Gasteiger partial charge in [-0.3, -0.25) is 0 Å². The quantitative estimate of drug-likeness (QED) is 0.807. The molecule has 0 aliphatic heterocycles. The first kappa shape index (κ1) is 11.0. The van der Waals surface area contributed by atoms with Crippen molar-refractivity contribution in [3.63, 3.8) is 0 Å². The van der Waals surface area contributed by atoms with Crippen molar-refractivity contribution >= 4 is 17.3 Å². The van der Waals surface area contributed by atoms with Crippen molar-refractivity contribution in [1.82, 2.24) is 0 Å². The summed E-state index contributed by atoms with van der Waals surface area (Å²) < 4.78 is 49.9. The minimum absolute atomic E-state index is 0.615. The smallest absolute Gasteiger partial charge is 0.379 e. The zero-order valence-corrected chi connectivity index (χ0v) is 7.32. The molecule has 2 nitrogen and oxygen atoms in total. The SMILES string of the molecule is O=C(O)C(F)(F)c1cscc1C(F)F. The number of hydrogen-bond acceptors (Lipinski definition) is 2. The standard InChI is InChI=1S/C7H4F4O2S/c8-5(9)3-1-14-2-4(3)7(10,11)6(12)13/h1-2,5H,(H,12,13). The number of carbonyl (C=O) groups is 1. The average Bonchev–Trinajstić information content (AvgIpc) is 2.51. The van der Waals surface area contributed by atoms with Gasteiger partial charge in [0.25, 0.3) is 6.43 Å². The normalized spacial score (nSPS) is 12.1. The molecule has 0 spiro atoms. The third-order valence-electron chi connectivity index (χ3n) is 1.53. The van der Waals surface area contributed by atoms with E-state index in [1.54, 1.807) is 0 Å². The van der Waals surface area contributed by atoms with Gasteiger partial charge in [0, 0.05) is 16.3 Å². The molecule has 0 unspecified atom stereocenters. The van der Waals surface area contributed by atoms with E-state index >= 15 is 0 Å². The van der Waals surface area contributed by atoms with E-state index in [2.05, 4.69) is 0 Å². The molecule has 0 amide bonds. The Morgan fingerprint density at radius 3 is 2.43 bits per heavy atom. The van der Waals surface area contributed by atoms with Crippen LogP contribution in [0.5, 0.6) is 0 Å². The molecule has 0 saturated carbocycles. The molecule has 0 fully saturated rings. The molecule has 0 aliphatic carbocycles. The number of aliphatic carboxylic acids is 1. The molecule has 0 aromatic carbocycles. The predicted molar refractivity (Wildman–Crippen MR) is 40.8 cm³/mol. The largest absolute Gasteiger partial charge is 0.477 e. The second-order valence-corrected chi connectivity index (χ2v) is 3.16. The Balaban J connectivity index is 3.18. The fourth-order valence-corrected chi connectivity index (χ4v) is 1.71. The summed E-state index contributed by atoms with van der Waals surface area (Å²) in [5, 5.41) is 9.66. The Hall–Kier alpha value is -1.11. The van der Waals surface area contributed by atoms with Gasteiger partial charge in [0.15, 0.2) is 0 Å². The van der Waals surface area contributed by atoms with Crippen LogP contribution in [0.1, 0.15) is 17.6 Å². The monoisotopic (exact) mass is 228 g/mol. The lowest BCUT2D eigenvalue weighted by Crippen LogP contribution is -2.25. The summed E-state index contributed by atoms with van der Waals surface area (Å²) in [6, 6.07) is 0. The maximum Gasteiger partial charge on any atom is 0.379 e. The van der Waals surface area contributed by atoms with E-state index < -0.39 is 29.4 Å². The van der Waals surface area contributed by atoms with Crippen molar-refractivity contribution in [3.05, 3.63) is 21.9 Å². The number of thiophene rings is 1. The summed E-state index contributed by atoms with van der Waals surface area (Å²) in [6.45, 7) is 0. The number of halogens is 4. The van der Waals surface area contributed by atoms with Gasteiger partial charge in [-0.05, 0) is 0 Å². The molecule has 0 atom stereocenters. The molecule has 0 bridgehead atoms. The van der Waals surface area contributed by atoms with E-state index in [1.165, 1.54) is 0 Å². The summed E-state index contributed by atoms with van der Waals surface area (Å²) in [5.41, 5.74) is -2.06. The fraction of sp³-hybridized carbons (Fsp3) is 0.286. The third-order valence-corrected chi connectivity index (χ3v) is 2.30. The molecule has 0 aliphatic rings. The number of rotatable bonds is 3. The van der Waals surface area contributed by atoms with Gasteiger partial charge in [0.05, 0.1) is 5.56 Å². The Labute approximate surface area is 79.8 Å². The molecule has 7 heteroatoms. The van der Waals surface area contributed by atoms with Crippen molar-refractivity contribution < 1.29 is 27.5 Å². The van der Waals surface area contributed by atoms with E-state index in [0.29, 0.717) is 11.3 Å². The van der Waals surface area contributed by atoms with Crippen LogP contribution in [0, 0.1) is 0 Å². The van der Waals surface area contributed by atoms with Crippen LogP contribution in [0.15, 0.2) is 10.8 Å². The molecule has 0 radical (unpaired) electrons. The number of carboxylic acids is 1. The Morgan fingerprint density at radius 1 is 1.43 bits per heavy atom. The Morgan fingerprint density at radius 2 is 2.00 bits per heavy atom. The predicted octanol–water partition coefficient (Wildman–Crippen LogP) is 2.86. The second-order valence-electron chi connectivity index (χ2n) is 2.42. The van der Waals surface area contributed by atoms with E-state index in [-0.39, 0.29) is 0 Å². The average molecular weight is 228 g/mol. The lowest BCUT2D eigenvalue weighted by molar-refractivity contribution is -0.166. The zero-order valence-electron chi connectivity index (χ0n) is 6.51. The minimum Gasteiger partial charge on any atom is -0.477 e. The maximum absolute atomic E-state index is 12.8. The van der Waals surface area contributed by atoms with Crippen LogP contribution in [-0.4, -0.2) is 11.1 Å². The van der Waals surface area contributed by atoms with Crippen molar-refractivity contribution in [2.24, 2.45) is 0 Å². The van der Waals surface area contributed by atoms with Crippen molar-refractivity contribution in [2.45, 2.75) is 12.3 Å². The highest BCUT2D eigenvalue weighted by molar-refractivity contribution is 7.08. The third kappa shape index (κ3) is 1.72. The summed E-state index contributed by atoms with van der Waals surface area (Å²) in [4.78, 5) is 10.1. The van der Waals surface area contributed by atoms with Gasteiger partial charge < -0.3 is 5.11 Å². The van der Waals surface area contributed by atoms with Gasteiger partial charge in [0.2, 0.25) is 0 Å². The fourth-order valence-electron chi connectivity index (χ4n) is 0.846. The molecule has 1 aromatic heterocycles. The van der Waals surface area contributed by atoms with Crippen LogP contribution < -0.4 is 0 Å². The molecule has 1 aromatic rings. The second kappa shape index (κ2) is 3.56. The molecule has 78 valence electrons. The lowest BCUT2D eigenvalue weighted by atomic mass is 10.1. The van der Waals surface area contributed by atoms with Crippen LogP contribution in [0.3, 0.4) is 0 Å². The van der Waals surface area contributed by atoms with Crippen LogP contribution >= 0.6 is 11.3 Å². The Bertz CT molecular complexity index is 347. The van der Waals surface area contributed by atoms with Crippen molar-refractivity contribution in [2.75, 3.05) is 0 Å². The van der Waals surface area contributed by atoms with Crippen molar-refractivity contribution in [1.29, 1.82) is 0 Å². The summed E-state index contributed by atoms with van der Waals surface area (Å²) >= 11 is 0.615. The highest BCUT2D eigenvalue weighted by Gasteiger charge is 2.44. The molecule has 1 rings (SSSR count). The lowest BCUT2D eigenvalue weighted by Gasteiger charge is -2.11. The molecule has 14 heavy (non-hydrogen) atoms. The highest BCUT2D eigenvalue weighted by atomic mass is 32.1. The zero-order chi connectivity index (χ0) is 10.9. The van der Waals surface area contributed by atoms with Crippen LogP contribution in [0.2, 0.25) is 0 Å². The summed E-state index contributed by atoms with van der Waals surface area (Å²) in [6.07, 6.45) is -3.10. The van der Waals surface area contributed by atoms with Gasteiger partial charge in [-0.1, -0.05) is 0 Å². The van der Waals surface area contributed by atoms with E-state index in [4.69, 9.17) is 5.11 Å². The van der Waals surface area contributed by atoms with Crippen LogP contribution in [-0.2, 0) is 10.7 Å². The molecular weight excluding hydrogens is 224 g/mol. The minimum atomic E-state index is -4.26. The number of carboxylic acid groups (broad SMARTS) is 1. The maximum atomic E-state index is 12.8. The first-order valence-corrected chi connectivity index (χ1v) is 4.27. The first-order valence-electron chi connectivity index (χ1n) is 3.33. The van der Waals surface area contributed by atoms with Gasteiger partial charge >= 0.3 is 11.9 Å². The van der Waals surface area contributed by atoms with Gasteiger partial charge in [0.1, 0.15) is 0 Å². The molecule has 0 saturated heterocycles. The summed E-state index contributed by atoms with van der Waals surface area (Å²) in [5.74, 6) is -6.69. The highest BCUT2D eigenvalue weighted by Crippen LogP contribution is 2.37. The van der Waals surface area contributed by atoms with E-state index in [1.807, 2.05) is 0 Å². The van der Waals surface area contributed by atoms with E-state index in [0.717, 1.165) is 10.8 Å². The molecule has 1 heterocycles. The number of hydrogen-bond donors (Lipinski definition) is 1. The topological polar surface area (TPSA) is 37.3 Å². The number of alkyl halides is 4. The summed E-state index contributed by atoms with van der Waals surface area (Å²) in [7, 11) is 0. The van der Waals surface area contributed by atoms with Crippen molar-refractivity contribution in [3.8, 4) is 0 Å².